The zero-order valence-electron chi connectivity index (χ0n) is 9.12. The van der Waals surface area contributed by atoms with Crippen molar-refractivity contribution in [3.8, 4) is 0 Å². The molecule has 0 amide bonds. The molecule has 16 heavy (non-hydrogen) atoms. The topological polar surface area (TPSA) is 69.4 Å². The summed E-state index contributed by atoms with van der Waals surface area (Å²) in [4.78, 5) is 21.2. The van der Waals surface area contributed by atoms with E-state index >= 15 is 0 Å². The van der Waals surface area contributed by atoms with Gasteiger partial charge in [0.2, 0.25) is 0 Å². The minimum Gasteiger partial charge on any atom is -0.450 e. The van der Waals surface area contributed by atoms with Gasteiger partial charge in [-0.25, -0.2) is 0 Å². The van der Waals surface area contributed by atoms with Crippen LogP contribution < -0.4 is 0 Å². The molecule has 0 unspecified atom stereocenters. The van der Waals surface area contributed by atoms with Crippen molar-refractivity contribution in [1.29, 1.82) is 0 Å². The van der Waals surface area contributed by atoms with Crippen molar-refractivity contribution in [2.45, 2.75) is 26.0 Å². The van der Waals surface area contributed by atoms with Crippen LogP contribution in [0.5, 0.6) is 0 Å². The van der Waals surface area contributed by atoms with E-state index < -0.39 is 23.0 Å². The predicted molar refractivity (Wildman–Crippen MR) is 57.4 cm³/mol. The van der Waals surface area contributed by atoms with Gasteiger partial charge in [0.05, 0.1) is 0 Å². The molecule has 0 saturated carbocycles. The predicted octanol–water partition coefficient (Wildman–Crippen LogP) is 1.96. The summed E-state index contributed by atoms with van der Waals surface area (Å²) in [5, 5.41) is 10.7. The van der Waals surface area contributed by atoms with Crippen LogP contribution in [0.25, 0.3) is 0 Å². The van der Waals surface area contributed by atoms with Crippen LogP contribution in [0, 0.1) is 10.1 Å². The van der Waals surface area contributed by atoms with E-state index in [1.54, 1.807) is 30.3 Å². The van der Waals surface area contributed by atoms with Gasteiger partial charge in [-0.15, -0.1) is 0 Å². The number of carbonyl (C=O) groups is 1. The monoisotopic (exact) mass is 223 g/mol. The first kappa shape index (κ1) is 12.2. The highest BCUT2D eigenvalue weighted by atomic mass is 16.6. The first-order chi connectivity index (χ1) is 7.52. The summed E-state index contributed by atoms with van der Waals surface area (Å²) >= 11 is 0. The summed E-state index contributed by atoms with van der Waals surface area (Å²) in [6.45, 7) is 2.66. The van der Waals surface area contributed by atoms with Crippen LogP contribution in [0.1, 0.15) is 25.5 Å². The number of ether oxygens (including phenoxy) is 1. The minimum atomic E-state index is -0.966. The lowest BCUT2D eigenvalue weighted by molar-refractivity contribution is -0.530. The molecule has 2 atom stereocenters. The van der Waals surface area contributed by atoms with Crippen molar-refractivity contribution in [3.63, 3.8) is 0 Å². The van der Waals surface area contributed by atoms with E-state index in [-0.39, 0.29) is 0 Å². The number of nitrogens with zero attached hydrogens (tertiary/aromatic N) is 1. The minimum absolute atomic E-state index is 0.458. The Bertz CT molecular complexity index is 377. The van der Waals surface area contributed by atoms with E-state index in [1.807, 2.05) is 0 Å². The third-order valence-corrected chi connectivity index (χ3v) is 2.19. The van der Waals surface area contributed by atoms with Gasteiger partial charge in [0.1, 0.15) is 0 Å². The average molecular weight is 223 g/mol. The summed E-state index contributed by atoms with van der Waals surface area (Å²) in [5.41, 5.74) is 0.627. The number of benzene rings is 1. The van der Waals surface area contributed by atoms with E-state index in [1.165, 1.54) is 13.8 Å². The molecule has 1 aromatic carbocycles. The summed E-state index contributed by atoms with van der Waals surface area (Å²) < 4.78 is 4.98. The molecule has 0 aliphatic carbocycles. The summed E-state index contributed by atoms with van der Waals surface area (Å²) in [5.74, 6) is -0.525. The smallest absolute Gasteiger partial charge is 0.303 e. The first-order valence-corrected chi connectivity index (χ1v) is 4.88. The van der Waals surface area contributed by atoms with Crippen molar-refractivity contribution < 1.29 is 14.5 Å². The highest BCUT2D eigenvalue weighted by Crippen LogP contribution is 2.22. The highest BCUT2D eigenvalue weighted by Gasteiger charge is 2.30. The van der Waals surface area contributed by atoms with Gasteiger partial charge in [-0.05, 0) is 5.56 Å². The molecule has 0 aliphatic heterocycles. The molecular weight excluding hydrogens is 210 g/mol. The Balaban J connectivity index is 2.96. The van der Waals surface area contributed by atoms with Crippen LogP contribution in [-0.2, 0) is 9.53 Å². The van der Waals surface area contributed by atoms with E-state index in [0.29, 0.717) is 5.56 Å². The van der Waals surface area contributed by atoms with Crippen molar-refractivity contribution in [2.24, 2.45) is 0 Å². The Morgan fingerprint density at radius 1 is 1.38 bits per heavy atom. The number of hydrogen-bond acceptors (Lipinski definition) is 4. The quantitative estimate of drug-likeness (QED) is 0.444. The zero-order valence-corrected chi connectivity index (χ0v) is 9.12. The maximum absolute atomic E-state index is 10.9. The maximum Gasteiger partial charge on any atom is 0.303 e. The van der Waals surface area contributed by atoms with E-state index in [0.717, 1.165) is 0 Å². The van der Waals surface area contributed by atoms with Crippen LogP contribution in [-0.4, -0.2) is 16.9 Å². The largest absolute Gasteiger partial charge is 0.450 e. The first-order valence-electron chi connectivity index (χ1n) is 4.88. The van der Waals surface area contributed by atoms with Crippen LogP contribution in [0.15, 0.2) is 30.3 Å². The van der Waals surface area contributed by atoms with E-state index in [2.05, 4.69) is 0 Å². The number of hydrogen-bond donors (Lipinski definition) is 0. The van der Waals surface area contributed by atoms with Crippen molar-refractivity contribution in [1.82, 2.24) is 0 Å². The number of carbonyl (C=O) groups excluding carboxylic acids is 1. The van der Waals surface area contributed by atoms with Crippen LogP contribution in [0.3, 0.4) is 0 Å². The van der Waals surface area contributed by atoms with Gasteiger partial charge in [-0.3, -0.25) is 14.9 Å². The van der Waals surface area contributed by atoms with E-state index in [4.69, 9.17) is 4.74 Å². The van der Waals surface area contributed by atoms with Gasteiger partial charge in [-0.2, -0.15) is 0 Å². The lowest BCUT2D eigenvalue weighted by Crippen LogP contribution is -2.27. The number of esters is 1. The van der Waals surface area contributed by atoms with Gasteiger partial charge < -0.3 is 4.74 Å². The Kier molecular flexibility index (Phi) is 3.99. The van der Waals surface area contributed by atoms with Crippen molar-refractivity contribution in [3.05, 3.63) is 46.0 Å². The van der Waals surface area contributed by atoms with Crippen LogP contribution in [0.4, 0.5) is 0 Å². The Morgan fingerprint density at radius 3 is 2.38 bits per heavy atom. The lowest BCUT2D eigenvalue weighted by Gasteiger charge is -2.18. The molecule has 0 saturated heterocycles. The van der Waals surface area contributed by atoms with Gasteiger partial charge in [0.15, 0.2) is 6.10 Å². The summed E-state index contributed by atoms with van der Waals surface area (Å²) in [6, 6.07) is 7.73. The standard InChI is InChI=1S/C11H13NO4/c1-8(12(14)15)11(16-9(2)13)10-6-4-3-5-7-10/h3-8,11H,1-2H3/t8-,11-/m0/s1. The fourth-order valence-electron chi connectivity index (χ4n) is 1.38. The lowest BCUT2D eigenvalue weighted by atomic mass is 10.0. The fraction of sp³-hybridized carbons (Fsp3) is 0.364. The molecule has 0 spiro atoms. The van der Waals surface area contributed by atoms with Gasteiger partial charge in [0.25, 0.3) is 6.04 Å². The number of nitro groups is 1. The van der Waals surface area contributed by atoms with Gasteiger partial charge >= 0.3 is 5.97 Å². The van der Waals surface area contributed by atoms with Crippen molar-refractivity contribution in [2.75, 3.05) is 0 Å². The molecule has 5 heteroatoms. The molecule has 0 N–H and O–H groups in total. The van der Waals surface area contributed by atoms with Gasteiger partial charge in [0, 0.05) is 18.8 Å². The summed E-state index contributed by atoms with van der Waals surface area (Å²) in [6.07, 6.45) is -0.839. The number of rotatable bonds is 4. The molecule has 1 aromatic rings. The molecule has 1 rings (SSSR count). The Morgan fingerprint density at radius 2 is 1.94 bits per heavy atom. The third kappa shape index (κ3) is 3.05. The second-order valence-corrected chi connectivity index (χ2v) is 3.47. The molecule has 0 aliphatic rings. The SMILES string of the molecule is CC(=O)O[C@H](c1ccccc1)[C@H](C)[N+](=O)[O-]. The van der Waals surface area contributed by atoms with E-state index in [9.17, 15) is 14.9 Å². The summed E-state index contributed by atoms with van der Waals surface area (Å²) in [7, 11) is 0. The Hall–Kier alpha value is -1.91. The molecule has 0 fully saturated rings. The average Bonchev–Trinajstić information content (AvgIpc) is 2.26. The highest BCUT2D eigenvalue weighted by molar-refractivity contribution is 5.66. The fourth-order valence-corrected chi connectivity index (χ4v) is 1.38. The maximum atomic E-state index is 10.9. The molecule has 86 valence electrons. The molecule has 0 aromatic heterocycles. The van der Waals surface area contributed by atoms with Crippen LogP contribution in [0.2, 0.25) is 0 Å². The van der Waals surface area contributed by atoms with Crippen LogP contribution >= 0.6 is 0 Å². The molecule has 0 radical (unpaired) electrons. The second kappa shape index (κ2) is 5.25. The normalized spacial score (nSPS) is 13.9. The second-order valence-electron chi connectivity index (χ2n) is 3.47. The molecule has 0 heterocycles. The zero-order chi connectivity index (χ0) is 12.1. The molecular formula is C11H13NO4. The Labute approximate surface area is 93.2 Å². The van der Waals surface area contributed by atoms with Crippen molar-refractivity contribution >= 4 is 5.97 Å². The van der Waals surface area contributed by atoms with Gasteiger partial charge in [-0.1, -0.05) is 30.3 Å². The molecule has 5 nitrogen and oxygen atoms in total. The molecule has 0 bridgehead atoms. The third-order valence-electron chi connectivity index (χ3n) is 2.19.